The van der Waals surface area contributed by atoms with Crippen molar-refractivity contribution in [3.63, 3.8) is 0 Å². The maximum atomic E-state index is 12.5. The minimum Gasteiger partial charge on any atom is -0.481 e. The normalized spacial score (nSPS) is 17.7. The molecule has 158 valence electrons. The van der Waals surface area contributed by atoms with Crippen molar-refractivity contribution in [2.75, 3.05) is 0 Å². The number of aryl methyl sites for hydroxylation is 1. The zero-order valence-electron chi connectivity index (χ0n) is 15.9. The zero-order valence-corrected chi connectivity index (χ0v) is 15.9. The smallest absolute Gasteiger partial charge is 0.481 e. The second kappa shape index (κ2) is 8.10. The molecule has 0 aliphatic heterocycles. The summed E-state index contributed by atoms with van der Waals surface area (Å²) in [5.41, 5.74) is 7.32. The first-order valence-electron chi connectivity index (χ1n) is 9.01. The van der Waals surface area contributed by atoms with Gasteiger partial charge in [-0.3, -0.25) is 9.59 Å². The molecule has 30 heavy (non-hydrogen) atoms. The molecule has 1 aliphatic carbocycles. The molecule has 2 atom stereocenters. The molecule has 0 saturated heterocycles. The summed E-state index contributed by atoms with van der Waals surface area (Å²) in [6, 6.07) is 13.6. The summed E-state index contributed by atoms with van der Waals surface area (Å²) >= 11 is 0. The Kier molecular flexibility index (Phi) is 5.73. The summed E-state index contributed by atoms with van der Waals surface area (Å²) in [6.07, 6.45) is -3.90. The lowest BCUT2D eigenvalue weighted by Crippen LogP contribution is -2.17. The fraction of sp³-hybridized carbons (Fsp3) is 0.238. The number of benzene rings is 2. The average Bonchev–Trinajstić information content (AvgIpc) is 3.39. The van der Waals surface area contributed by atoms with Crippen LogP contribution >= 0.6 is 0 Å². The first-order valence-corrected chi connectivity index (χ1v) is 9.01. The van der Waals surface area contributed by atoms with Crippen molar-refractivity contribution in [1.82, 2.24) is 4.57 Å². The Labute approximate surface area is 169 Å². The van der Waals surface area contributed by atoms with Gasteiger partial charge in [0.25, 0.3) is 0 Å². The molecule has 3 aromatic rings. The standard InChI is InChI=1S/C20H16F3NO3.CH3NO/c1-11-7-13-5-6-15(27-20(21,22)23)9-18(13)24(11)14-4-2-3-12(8-14)16-10-17(16)19(25)26;2-1-3/h2-9,16-17H,10H2,1H3,(H,25,26);1H,(H2,2,3). The van der Waals surface area contributed by atoms with Crippen molar-refractivity contribution >= 4 is 23.3 Å². The maximum Gasteiger partial charge on any atom is 0.573 e. The summed E-state index contributed by atoms with van der Waals surface area (Å²) < 4.78 is 43.5. The molecule has 3 N–H and O–H groups in total. The van der Waals surface area contributed by atoms with E-state index >= 15 is 0 Å². The van der Waals surface area contributed by atoms with E-state index in [2.05, 4.69) is 10.5 Å². The fourth-order valence-electron chi connectivity index (χ4n) is 3.59. The monoisotopic (exact) mass is 420 g/mol. The van der Waals surface area contributed by atoms with Crippen LogP contribution in [0.2, 0.25) is 0 Å². The summed E-state index contributed by atoms with van der Waals surface area (Å²) in [5.74, 6) is -1.47. The maximum absolute atomic E-state index is 12.5. The molecule has 9 heteroatoms. The van der Waals surface area contributed by atoms with E-state index in [1.165, 1.54) is 12.1 Å². The Bertz CT molecular complexity index is 1090. The van der Waals surface area contributed by atoms with Crippen molar-refractivity contribution in [2.24, 2.45) is 11.7 Å². The number of nitrogens with zero attached hydrogens (tertiary/aromatic N) is 1. The van der Waals surface area contributed by atoms with Gasteiger partial charge in [-0.15, -0.1) is 13.2 Å². The number of alkyl halides is 3. The lowest BCUT2D eigenvalue weighted by atomic mass is 10.1. The number of primary amides is 1. The third kappa shape index (κ3) is 4.56. The minimum absolute atomic E-state index is 0.0197. The van der Waals surface area contributed by atoms with Gasteiger partial charge in [0.2, 0.25) is 6.41 Å². The molecule has 0 bridgehead atoms. The van der Waals surface area contributed by atoms with Crippen LogP contribution in [-0.2, 0) is 9.59 Å². The van der Waals surface area contributed by atoms with Crippen LogP contribution in [-0.4, -0.2) is 28.4 Å². The largest absolute Gasteiger partial charge is 0.573 e. The number of halogens is 3. The number of rotatable bonds is 4. The molecule has 2 aromatic carbocycles. The predicted molar refractivity (Wildman–Crippen MR) is 103 cm³/mol. The number of aromatic nitrogens is 1. The third-order valence-corrected chi connectivity index (χ3v) is 4.86. The summed E-state index contributed by atoms with van der Waals surface area (Å²) in [4.78, 5) is 19.7. The van der Waals surface area contributed by atoms with Crippen molar-refractivity contribution in [1.29, 1.82) is 0 Å². The summed E-state index contributed by atoms with van der Waals surface area (Å²) in [6.45, 7) is 1.87. The van der Waals surface area contributed by atoms with E-state index in [1.54, 1.807) is 6.07 Å². The average molecular weight is 420 g/mol. The van der Waals surface area contributed by atoms with Gasteiger partial charge in [-0.1, -0.05) is 12.1 Å². The predicted octanol–water partition coefficient (Wildman–Crippen LogP) is 4.13. The Hall–Kier alpha value is -3.49. The van der Waals surface area contributed by atoms with Crippen molar-refractivity contribution in [2.45, 2.75) is 25.6 Å². The molecule has 2 unspecified atom stereocenters. The molecule has 1 amide bonds. The highest BCUT2D eigenvalue weighted by molar-refractivity contribution is 5.84. The molecule has 0 radical (unpaired) electrons. The van der Waals surface area contributed by atoms with Crippen LogP contribution in [0.3, 0.4) is 0 Å². The van der Waals surface area contributed by atoms with Crippen LogP contribution in [0.1, 0.15) is 23.6 Å². The Morgan fingerprint density at radius 1 is 1.23 bits per heavy atom. The van der Waals surface area contributed by atoms with Crippen molar-refractivity contribution < 1.29 is 32.6 Å². The van der Waals surface area contributed by atoms with Gasteiger partial charge in [0.1, 0.15) is 5.75 Å². The van der Waals surface area contributed by atoms with Gasteiger partial charge in [-0.05, 0) is 55.2 Å². The third-order valence-electron chi connectivity index (χ3n) is 4.86. The number of fused-ring (bicyclic) bond motifs is 1. The second-order valence-electron chi connectivity index (χ2n) is 6.91. The van der Waals surface area contributed by atoms with Gasteiger partial charge in [0, 0.05) is 22.8 Å². The SMILES string of the molecule is Cc1cc2ccc(OC(F)(F)F)cc2n1-c1cccc(C2CC2C(=O)O)c1.NC=O. The molecule has 0 spiro atoms. The van der Waals surface area contributed by atoms with Crippen LogP contribution in [0, 0.1) is 12.8 Å². The molecule has 1 fully saturated rings. The number of hydrogen-bond acceptors (Lipinski definition) is 3. The van der Waals surface area contributed by atoms with E-state index in [-0.39, 0.29) is 24.0 Å². The van der Waals surface area contributed by atoms with Gasteiger partial charge in [-0.25, -0.2) is 0 Å². The van der Waals surface area contributed by atoms with Crippen molar-refractivity contribution in [3.05, 3.63) is 59.8 Å². The van der Waals surface area contributed by atoms with Crippen LogP contribution in [0.25, 0.3) is 16.6 Å². The summed E-state index contributed by atoms with van der Waals surface area (Å²) in [7, 11) is 0. The minimum atomic E-state index is -4.75. The van der Waals surface area contributed by atoms with E-state index in [4.69, 9.17) is 9.90 Å². The van der Waals surface area contributed by atoms with Gasteiger partial charge >= 0.3 is 12.3 Å². The Morgan fingerprint density at radius 3 is 2.53 bits per heavy atom. The number of carboxylic acids is 1. The van der Waals surface area contributed by atoms with Crippen LogP contribution < -0.4 is 10.5 Å². The number of ether oxygens (including phenoxy) is 1. The quantitative estimate of drug-likeness (QED) is 0.621. The highest BCUT2D eigenvalue weighted by Gasteiger charge is 2.44. The van der Waals surface area contributed by atoms with Crippen LogP contribution in [0.5, 0.6) is 5.75 Å². The van der Waals surface area contributed by atoms with Crippen molar-refractivity contribution in [3.8, 4) is 11.4 Å². The highest BCUT2D eigenvalue weighted by Crippen LogP contribution is 2.48. The molecule has 1 aromatic heterocycles. The van der Waals surface area contributed by atoms with Crippen LogP contribution in [0.4, 0.5) is 13.2 Å². The van der Waals surface area contributed by atoms with Gasteiger partial charge in [0.05, 0.1) is 11.4 Å². The molecule has 1 saturated carbocycles. The number of carbonyl (C=O) groups excluding carboxylic acids is 1. The topological polar surface area (TPSA) is 94.6 Å². The first kappa shape index (κ1) is 21.2. The molecule has 6 nitrogen and oxygen atoms in total. The van der Waals surface area contributed by atoms with E-state index in [9.17, 15) is 18.0 Å². The zero-order chi connectivity index (χ0) is 22.1. The van der Waals surface area contributed by atoms with Gasteiger partial charge < -0.3 is 20.1 Å². The van der Waals surface area contributed by atoms with E-state index < -0.39 is 12.3 Å². The van der Waals surface area contributed by atoms with E-state index in [0.29, 0.717) is 11.9 Å². The van der Waals surface area contributed by atoms with E-state index in [1.807, 2.05) is 41.8 Å². The number of carboxylic acid groups (broad SMARTS) is 1. The molecular formula is C21H19F3N2O4. The Morgan fingerprint density at radius 2 is 1.93 bits per heavy atom. The lowest BCUT2D eigenvalue weighted by Gasteiger charge is -2.12. The fourth-order valence-corrected chi connectivity index (χ4v) is 3.59. The number of nitrogens with two attached hydrogens (primary N) is 1. The van der Waals surface area contributed by atoms with Crippen LogP contribution in [0.15, 0.2) is 48.5 Å². The molecule has 1 aliphatic rings. The Balaban J connectivity index is 0.000000806. The van der Waals surface area contributed by atoms with Gasteiger partial charge in [-0.2, -0.15) is 0 Å². The number of aliphatic carboxylic acids is 1. The number of carbonyl (C=O) groups is 2. The molecular weight excluding hydrogens is 401 g/mol. The first-order chi connectivity index (χ1) is 14.1. The summed E-state index contributed by atoms with van der Waals surface area (Å²) in [5, 5.41) is 9.93. The number of amides is 1. The van der Waals surface area contributed by atoms with E-state index in [0.717, 1.165) is 22.3 Å². The molecule has 1 heterocycles. The highest BCUT2D eigenvalue weighted by atomic mass is 19.4. The lowest BCUT2D eigenvalue weighted by molar-refractivity contribution is -0.274. The number of hydrogen-bond donors (Lipinski definition) is 2. The molecule has 4 rings (SSSR count). The second-order valence-corrected chi connectivity index (χ2v) is 6.91. The van der Waals surface area contributed by atoms with Gasteiger partial charge in [0.15, 0.2) is 0 Å².